The molecule has 0 saturated heterocycles. The lowest BCUT2D eigenvalue weighted by Crippen LogP contribution is -2.35. The van der Waals surface area contributed by atoms with Gasteiger partial charge < -0.3 is 9.47 Å². The van der Waals surface area contributed by atoms with E-state index in [1.807, 2.05) is 0 Å². The van der Waals surface area contributed by atoms with Crippen molar-refractivity contribution in [1.29, 1.82) is 0 Å². The summed E-state index contributed by atoms with van der Waals surface area (Å²) in [6, 6.07) is 0. The van der Waals surface area contributed by atoms with Crippen molar-refractivity contribution < 1.29 is 14.3 Å². The summed E-state index contributed by atoms with van der Waals surface area (Å²) in [5.41, 5.74) is 0. The molecule has 0 aromatic rings. The Kier molecular flexibility index (Phi) is 5.41. The van der Waals surface area contributed by atoms with E-state index in [4.69, 9.17) is 9.47 Å². The van der Waals surface area contributed by atoms with E-state index in [2.05, 4.69) is 13.8 Å². The van der Waals surface area contributed by atoms with Gasteiger partial charge in [0, 0.05) is 0 Å². The topological polar surface area (TPSA) is 35.5 Å². The minimum absolute atomic E-state index is 0.0385. The molecule has 0 N–H and O–H groups in total. The molecule has 0 heterocycles. The van der Waals surface area contributed by atoms with Crippen LogP contribution >= 0.6 is 0 Å². The Morgan fingerprint density at radius 3 is 2.36 bits per heavy atom. The number of esters is 1. The van der Waals surface area contributed by atoms with E-state index in [0.29, 0.717) is 12.0 Å². The van der Waals surface area contributed by atoms with E-state index >= 15 is 0 Å². The van der Waals surface area contributed by atoms with Gasteiger partial charge in [-0.25, -0.2) is 0 Å². The van der Waals surface area contributed by atoms with Gasteiger partial charge in [0.25, 0.3) is 0 Å². The van der Waals surface area contributed by atoms with Crippen LogP contribution in [0.5, 0.6) is 0 Å². The lowest BCUT2D eigenvalue weighted by atomic mass is 9.70. The van der Waals surface area contributed by atoms with Crippen LogP contribution in [0.2, 0.25) is 0 Å². The zero-order chi connectivity index (χ0) is 17.4. The van der Waals surface area contributed by atoms with Gasteiger partial charge in [0.1, 0.15) is 0 Å². The van der Waals surface area contributed by atoms with Crippen LogP contribution in [0.4, 0.5) is 0 Å². The standard InChI is InChI=1S/C22H36O3/c1-3-14-10-15(4-2)21-18-11-16(20(14)21)12-19(18)22(23)25-13-24-17-8-6-5-7-9-17/h14-21H,3-13H2,1-2H3. The van der Waals surface area contributed by atoms with Crippen molar-refractivity contribution in [3.05, 3.63) is 0 Å². The van der Waals surface area contributed by atoms with Crippen LogP contribution < -0.4 is 0 Å². The highest BCUT2D eigenvalue weighted by molar-refractivity contribution is 5.73. The molecule has 25 heavy (non-hydrogen) atoms. The number of carbonyl (C=O) groups is 1. The van der Waals surface area contributed by atoms with Crippen molar-refractivity contribution >= 4 is 5.97 Å². The Hall–Kier alpha value is -0.570. The van der Waals surface area contributed by atoms with Crippen LogP contribution in [0.1, 0.15) is 78.1 Å². The molecule has 0 amide bonds. The maximum absolute atomic E-state index is 12.7. The zero-order valence-corrected chi connectivity index (χ0v) is 16.1. The molecule has 3 heteroatoms. The van der Waals surface area contributed by atoms with Crippen LogP contribution in [0.25, 0.3) is 0 Å². The van der Waals surface area contributed by atoms with Crippen LogP contribution in [0.3, 0.4) is 0 Å². The Morgan fingerprint density at radius 2 is 1.64 bits per heavy atom. The van der Waals surface area contributed by atoms with Gasteiger partial charge >= 0.3 is 5.97 Å². The normalized spacial score (nSPS) is 43.4. The van der Waals surface area contributed by atoms with Gasteiger partial charge in [-0.3, -0.25) is 4.79 Å². The van der Waals surface area contributed by atoms with Gasteiger partial charge in [0.15, 0.2) is 6.79 Å². The van der Waals surface area contributed by atoms with Crippen LogP contribution in [0, 0.1) is 41.4 Å². The average Bonchev–Trinajstić information content (AvgIpc) is 3.32. The molecule has 0 aromatic heterocycles. The van der Waals surface area contributed by atoms with Gasteiger partial charge in [0.05, 0.1) is 12.0 Å². The average molecular weight is 349 g/mol. The molecule has 0 radical (unpaired) electrons. The summed E-state index contributed by atoms with van der Waals surface area (Å²) in [6.07, 6.45) is 12.8. The molecule has 7 atom stereocenters. The van der Waals surface area contributed by atoms with Gasteiger partial charge in [-0.15, -0.1) is 0 Å². The molecule has 0 aromatic carbocycles. The van der Waals surface area contributed by atoms with Crippen LogP contribution in [-0.4, -0.2) is 18.9 Å². The molecule has 4 aliphatic rings. The van der Waals surface area contributed by atoms with Crippen molar-refractivity contribution in [2.75, 3.05) is 6.79 Å². The Balaban J connectivity index is 1.31. The molecule has 4 rings (SSSR count). The monoisotopic (exact) mass is 348 g/mol. The van der Waals surface area contributed by atoms with Gasteiger partial charge in [-0.05, 0) is 67.6 Å². The Morgan fingerprint density at radius 1 is 0.920 bits per heavy atom. The summed E-state index contributed by atoms with van der Waals surface area (Å²) >= 11 is 0. The van der Waals surface area contributed by atoms with Crippen molar-refractivity contribution in [3.8, 4) is 0 Å². The molecule has 0 spiro atoms. The quantitative estimate of drug-likeness (QED) is 0.490. The number of carbonyl (C=O) groups excluding carboxylic acids is 1. The minimum Gasteiger partial charge on any atom is -0.438 e. The predicted molar refractivity (Wildman–Crippen MR) is 97.8 cm³/mol. The largest absolute Gasteiger partial charge is 0.438 e. The van der Waals surface area contributed by atoms with E-state index < -0.39 is 0 Å². The summed E-state index contributed by atoms with van der Waals surface area (Å²) in [4.78, 5) is 12.7. The second-order valence-electron chi connectivity index (χ2n) is 9.24. The van der Waals surface area contributed by atoms with Crippen molar-refractivity contribution in [2.45, 2.75) is 84.2 Å². The first-order valence-electron chi connectivity index (χ1n) is 11.0. The van der Waals surface area contributed by atoms with E-state index in [-0.39, 0.29) is 18.7 Å². The first kappa shape index (κ1) is 17.8. The number of fused-ring (bicyclic) bond motifs is 5. The summed E-state index contributed by atoms with van der Waals surface area (Å²) < 4.78 is 11.4. The summed E-state index contributed by atoms with van der Waals surface area (Å²) in [5, 5.41) is 0. The van der Waals surface area contributed by atoms with Crippen molar-refractivity contribution in [2.24, 2.45) is 41.4 Å². The maximum atomic E-state index is 12.7. The van der Waals surface area contributed by atoms with E-state index in [0.717, 1.165) is 48.9 Å². The lowest BCUT2D eigenvalue weighted by molar-refractivity contribution is -0.170. The SMILES string of the molecule is CCC1CC(CC)C2C3CC(CC3C(=O)OCOC3CCCCC3)C12. The number of ether oxygens (including phenoxy) is 2. The van der Waals surface area contributed by atoms with E-state index in [1.54, 1.807) is 0 Å². The number of hydrogen-bond donors (Lipinski definition) is 0. The smallest absolute Gasteiger partial charge is 0.311 e. The molecule has 3 nitrogen and oxygen atoms in total. The molecule has 142 valence electrons. The Labute approximate surface area is 153 Å². The van der Waals surface area contributed by atoms with Crippen molar-refractivity contribution in [1.82, 2.24) is 0 Å². The second-order valence-corrected chi connectivity index (χ2v) is 9.24. The molecular weight excluding hydrogens is 312 g/mol. The molecule has 7 unspecified atom stereocenters. The molecule has 4 saturated carbocycles. The van der Waals surface area contributed by atoms with Gasteiger partial charge in [0.2, 0.25) is 0 Å². The summed E-state index contributed by atoms with van der Waals surface area (Å²) in [6.45, 7) is 4.89. The van der Waals surface area contributed by atoms with Gasteiger partial charge in [-0.1, -0.05) is 46.0 Å². The fourth-order valence-corrected chi connectivity index (χ4v) is 7.19. The molecule has 0 aliphatic heterocycles. The van der Waals surface area contributed by atoms with Crippen molar-refractivity contribution in [3.63, 3.8) is 0 Å². The molecule has 4 fully saturated rings. The first-order valence-corrected chi connectivity index (χ1v) is 11.0. The molecule has 2 bridgehead atoms. The van der Waals surface area contributed by atoms with Gasteiger partial charge in [-0.2, -0.15) is 0 Å². The fraction of sp³-hybridized carbons (Fsp3) is 0.955. The third-order valence-corrected chi connectivity index (χ3v) is 8.23. The summed E-state index contributed by atoms with van der Waals surface area (Å²) in [7, 11) is 0. The summed E-state index contributed by atoms with van der Waals surface area (Å²) in [5.74, 6) is 5.04. The maximum Gasteiger partial charge on any atom is 0.311 e. The third-order valence-electron chi connectivity index (χ3n) is 8.23. The van der Waals surface area contributed by atoms with Crippen LogP contribution in [-0.2, 0) is 14.3 Å². The fourth-order valence-electron chi connectivity index (χ4n) is 7.19. The number of rotatable bonds is 6. The highest BCUT2D eigenvalue weighted by Gasteiger charge is 2.61. The predicted octanol–water partition coefficient (Wildman–Crippen LogP) is 5.18. The highest BCUT2D eigenvalue weighted by atomic mass is 16.7. The second kappa shape index (κ2) is 7.58. The Bertz CT molecular complexity index is 470. The third kappa shape index (κ3) is 3.26. The molecular formula is C22H36O3. The number of hydrogen-bond acceptors (Lipinski definition) is 3. The lowest BCUT2D eigenvalue weighted by Gasteiger charge is -2.34. The van der Waals surface area contributed by atoms with Crippen LogP contribution in [0.15, 0.2) is 0 Å². The van der Waals surface area contributed by atoms with E-state index in [9.17, 15) is 4.79 Å². The first-order chi connectivity index (χ1) is 12.2. The molecule has 4 aliphatic carbocycles. The minimum atomic E-state index is 0.0385. The highest BCUT2D eigenvalue weighted by Crippen LogP contribution is 2.65. The van der Waals surface area contributed by atoms with E-state index in [1.165, 1.54) is 44.9 Å². The zero-order valence-electron chi connectivity index (χ0n) is 16.1.